The SMILES string of the molecule is CCN1CCN(c2ncnc3c(F)cccc23)CC1=O. The highest BCUT2D eigenvalue weighted by atomic mass is 19.1. The molecule has 104 valence electrons. The number of benzene rings is 1. The lowest BCUT2D eigenvalue weighted by atomic mass is 10.2. The Kier molecular flexibility index (Phi) is 3.22. The van der Waals surface area contributed by atoms with E-state index in [9.17, 15) is 9.18 Å². The molecule has 0 N–H and O–H groups in total. The molecule has 0 radical (unpaired) electrons. The number of amides is 1. The summed E-state index contributed by atoms with van der Waals surface area (Å²) in [7, 11) is 0. The Balaban J connectivity index is 1.99. The van der Waals surface area contributed by atoms with Gasteiger partial charge in [0.15, 0.2) is 0 Å². The Labute approximate surface area is 116 Å². The number of piperazine rings is 1. The lowest BCUT2D eigenvalue weighted by Crippen LogP contribution is -2.50. The van der Waals surface area contributed by atoms with Gasteiger partial charge < -0.3 is 9.80 Å². The predicted molar refractivity (Wildman–Crippen MR) is 74.0 cm³/mol. The van der Waals surface area contributed by atoms with Gasteiger partial charge in [-0.25, -0.2) is 14.4 Å². The first-order valence-corrected chi connectivity index (χ1v) is 6.62. The summed E-state index contributed by atoms with van der Waals surface area (Å²) >= 11 is 0. The first kappa shape index (κ1) is 12.8. The molecule has 1 fully saturated rings. The number of fused-ring (bicyclic) bond motifs is 1. The molecule has 1 aromatic heterocycles. The third-order valence-corrected chi connectivity index (χ3v) is 3.59. The highest BCUT2D eigenvalue weighted by Crippen LogP contribution is 2.25. The maximum Gasteiger partial charge on any atom is 0.242 e. The molecule has 1 saturated heterocycles. The van der Waals surface area contributed by atoms with Gasteiger partial charge in [0.25, 0.3) is 0 Å². The van der Waals surface area contributed by atoms with E-state index in [0.29, 0.717) is 36.4 Å². The molecule has 5 nitrogen and oxygen atoms in total. The number of carbonyl (C=O) groups excluding carboxylic acids is 1. The van der Waals surface area contributed by atoms with Gasteiger partial charge >= 0.3 is 0 Å². The van der Waals surface area contributed by atoms with E-state index in [2.05, 4.69) is 9.97 Å². The van der Waals surface area contributed by atoms with E-state index in [1.165, 1.54) is 12.4 Å². The van der Waals surface area contributed by atoms with Crippen molar-refractivity contribution in [2.24, 2.45) is 0 Å². The van der Waals surface area contributed by atoms with Crippen LogP contribution in [0, 0.1) is 5.82 Å². The molecule has 0 spiro atoms. The summed E-state index contributed by atoms with van der Waals surface area (Å²) in [5.74, 6) is 0.324. The minimum Gasteiger partial charge on any atom is -0.345 e. The highest BCUT2D eigenvalue weighted by molar-refractivity contribution is 5.92. The van der Waals surface area contributed by atoms with Crippen LogP contribution >= 0.6 is 0 Å². The Bertz CT molecular complexity index is 661. The van der Waals surface area contributed by atoms with Crippen molar-refractivity contribution in [3.05, 3.63) is 30.3 Å². The molecule has 2 heterocycles. The van der Waals surface area contributed by atoms with E-state index in [1.807, 2.05) is 11.8 Å². The number of nitrogens with zero attached hydrogens (tertiary/aromatic N) is 4. The first-order valence-electron chi connectivity index (χ1n) is 6.62. The van der Waals surface area contributed by atoms with Crippen molar-refractivity contribution in [2.75, 3.05) is 31.1 Å². The lowest BCUT2D eigenvalue weighted by molar-refractivity contribution is -0.130. The van der Waals surface area contributed by atoms with Gasteiger partial charge in [0.1, 0.15) is 23.5 Å². The third-order valence-electron chi connectivity index (χ3n) is 3.59. The topological polar surface area (TPSA) is 49.3 Å². The number of rotatable bonds is 2. The van der Waals surface area contributed by atoms with Crippen molar-refractivity contribution >= 4 is 22.6 Å². The summed E-state index contributed by atoms with van der Waals surface area (Å²) < 4.78 is 13.7. The van der Waals surface area contributed by atoms with E-state index in [1.54, 1.807) is 17.0 Å². The zero-order valence-corrected chi connectivity index (χ0v) is 11.2. The number of hydrogen-bond donors (Lipinski definition) is 0. The zero-order chi connectivity index (χ0) is 14.1. The van der Waals surface area contributed by atoms with Crippen LogP contribution < -0.4 is 4.90 Å². The predicted octanol–water partition coefficient (Wildman–Crippen LogP) is 1.44. The molecule has 2 aromatic rings. The Hall–Kier alpha value is -2.24. The van der Waals surface area contributed by atoms with Crippen LogP contribution in [0.2, 0.25) is 0 Å². The minimum absolute atomic E-state index is 0.0712. The molecule has 0 bridgehead atoms. The Morgan fingerprint density at radius 1 is 1.30 bits per heavy atom. The molecular weight excluding hydrogens is 259 g/mol. The smallest absolute Gasteiger partial charge is 0.242 e. The maximum atomic E-state index is 13.7. The van der Waals surface area contributed by atoms with Gasteiger partial charge in [-0.05, 0) is 19.1 Å². The van der Waals surface area contributed by atoms with E-state index >= 15 is 0 Å². The molecule has 0 saturated carbocycles. The normalized spacial score (nSPS) is 16.0. The summed E-state index contributed by atoms with van der Waals surface area (Å²) in [6.07, 6.45) is 1.34. The second-order valence-electron chi connectivity index (χ2n) is 4.73. The molecule has 0 atom stereocenters. The third kappa shape index (κ3) is 2.07. The lowest BCUT2D eigenvalue weighted by Gasteiger charge is -2.34. The number of aromatic nitrogens is 2. The van der Waals surface area contributed by atoms with Crippen molar-refractivity contribution in [3.8, 4) is 0 Å². The number of halogens is 1. The van der Waals surface area contributed by atoms with Crippen LogP contribution in [0.15, 0.2) is 24.5 Å². The Morgan fingerprint density at radius 2 is 2.15 bits per heavy atom. The van der Waals surface area contributed by atoms with E-state index in [0.717, 1.165) is 0 Å². The fraction of sp³-hybridized carbons (Fsp3) is 0.357. The molecule has 3 rings (SSSR count). The summed E-state index contributed by atoms with van der Waals surface area (Å²) in [5.41, 5.74) is 0.294. The average molecular weight is 274 g/mol. The van der Waals surface area contributed by atoms with Crippen LogP contribution in [0.4, 0.5) is 10.2 Å². The largest absolute Gasteiger partial charge is 0.345 e. The molecule has 6 heteroatoms. The summed E-state index contributed by atoms with van der Waals surface area (Å²) in [6.45, 7) is 4.31. The van der Waals surface area contributed by atoms with Crippen LogP contribution in [0.5, 0.6) is 0 Å². The van der Waals surface area contributed by atoms with Crippen molar-refractivity contribution in [1.29, 1.82) is 0 Å². The van der Waals surface area contributed by atoms with Gasteiger partial charge in [-0.15, -0.1) is 0 Å². The fourth-order valence-electron chi connectivity index (χ4n) is 2.51. The number of anilines is 1. The van der Waals surface area contributed by atoms with Crippen LogP contribution in [-0.2, 0) is 4.79 Å². The standard InChI is InChI=1S/C14H15FN4O/c1-2-18-6-7-19(8-12(18)20)14-10-4-3-5-11(15)13(10)16-9-17-14/h3-5,9H,2,6-8H2,1H3. The molecule has 0 aliphatic carbocycles. The molecule has 1 aliphatic rings. The number of likely N-dealkylation sites (N-methyl/N-ethyl adjacent to an activating group) is 1. The van der Waals surface area contributed by atoms with Gasteiger partial charge in [-0.2, -0.15) is 0 Å². The van der Waals surface area contributed by atoms with Crippen LogP contribution in [0.25, 0.3) is 10.9 Å². The molecule has 0 unspecified atom stereocenters. The van der Waals surface area contributed by atoms with Crippen LogP contribution in [0.3, 0.4) is 0 Å². The minimum atomic E-state index is -0.371. The van der Waals surface area contributed by atoms with Crippen molar-refractivity contribution in [3.63, 3.8) is 0 Å². The van der Waals surface area contributed by atoms with E-state index < -0.39 is 0 Å². The molecule has 1 amide bonds. The number of para-hydroxylation sites is 1. The molecular formula is C14H15FN4O. The maximum absolute atomic E-state index is 13.7. The van der Waals surface area contributed by atoms with Crippen molar-refractivity contribution in [1.82, 2.24) is 14.9 Å². The fourth-order valence-corrected chi connectivity index (χ4v) is 2.51. The van der Waals surface area contributed by atoms with Gasteiger partial charge in [0.05, 0.1) is 6.54 Å². The second kappa shape index (κ2) is 5.03. The van der Waals surface area contributed by atoms with Crippen molar-refractivity contribution in [2.45, 2.75) is 6.92 Å². The van der Waals surface area contributed by atoms with E-state index in [4.69, 9.17) is 0 Å². The number of hydrogen-bond acceptors (Lipinski definition) is 4. The number of carbonyl (C=O) groups is 1. The molecule has 1 aliphatic heterocycles. The van der Waals surface area contributed by atoms with Crippen molar-refractivity contribution < 1.29 is 9.18 Å². The monoisotopic (exact) mass is 274 g/mol. The summed E-state index contributed by atoms with van der Waals surface area (Å²) in [6, 6.07) is 4.79. The Morgan fingerprint density at radius 3 is 2.90 bits per heavy atom. The zero-order valence-electron chi connectivity index (χ0n) is 11.2. The molecule has 20 heavy (non-hydrogen) atoms. The van der Waals surface area contributed by atoms with Gasteiger partial charge in [-0.3, -0.25) is 4.79 Å². The quantitative estimate of drug-likeness (QED) is 0.831. The summed E-state index contributed by atoms with van der Waals surface area (Å²) in [4.78, 5) is 23.9. The van der Waals surface area contributed by atoms with Gasteiger partial charge in [0.2, 0.25) is 5.91 Å². The summed E-state index contributed by atoms with van der Waals surface area (Å²) in [5, 5.41) is 0.644. The highest BCUT2D eigenvalue weighted by Gasteiger charge is 2.25. The van der Waals surface area contributed by atoms with Crippen LogP contribution in [0.1, 0.15) is 6.92 Å². The first-order chi connectivity index (χ1) is 9.70. The second-order valence-corrected chi connectivity index (χ2v) is 4.73. The van der Waals surface area contributed by atoms with Gasteiger partial charge in [0, 0.05) is 25.0 Å². The molecule has 1 aromatic carbocycles. The average Bonchev–Trinajstić information content (AvgIpc) is 2.47. The van der Waals surface area contributed by atoms with Crippen LogP contribution in [-0.4, -0.2) is 47.0 Å². The van der Waals surface area contributed by atoms with Gasteiger partial charge in [-0.1, -0.05) is 6.07 Å². The van der Waals surface area contributed by atoms with E-state index in [-0.39, 0.29) is 18.3 Å².